The molecule has 0 bridgehead atoms. The molecule has 1 unspecified atom stereocenters. The first-order valence-electron chi connectivity index (χ1n) is 7.64. The van der Waals surface area contributed by atoms with Crippen LogP contribution in [0.4, 0.5) is 10.2 Å². The molecule has 1 aliphatic rings. The smallest absolute Gasteiger partial charge is 0.336 e. The summed E-state index contributed by atoms with van der Waals surface area (Å²) < 4.78 is 23.3. The average Bonchev–Trinajstić information content (AvgIpc) is 2.61. The summed E-state index contributed by atoms with van der Waals surface area (Å²) in [5.74, 6) is -0.0353. The topological polar surface area (TPSA) is 64.5 Å². The number of morpholine rings is 1. The number of carbonyl (C=O) groups excluding carboxylic acids is 1. The maximum atomic E-state index is 13.0. The molecule has 2 aromatic rings. The molecule has 2 atom stereocenters. The predicted molar refractivity (Wildman–Crippen MR) is 86.0 cm³/mol. The van der Waals surface area contributed by atoms with Crippen molar-refractivity contribution in [2.24, 2.45) is 0 Å². The van der Waals surface area contributed by atoms with Crippen LogP contribution in [0.1, 0.15) is 6.92 Å². The zero-order chi connectivity index (χ0) is 17.1. The minimum absolute atomic E-state index is 0.124. The number of carbonyl (C=O) groups is 1. The number of anilines is 1. The lowest BCUT2D eigenvalue weighted by molar-refractivity contribution is -0.158. The molecule has 24 heavy (non-hydrogen) atoms. The van der Waals surface area contributed by atoms with E-state index < -0.39 is 12.1 Å². The highest BCUT2D eigenvalue weighted by molar-refractivity contribution is 5.75. The van der Waals surface area contributed by atoms with Crippen molar-refractivity contribution in [2.75, 3.05) is 25.1 Å². The monoisotopic (exact) mass is 331 g/mol. The van der Waals surface area contributed by atoms with Crippen LogP contribution in [0.15, 0.2) is 36.4 Å². The van der Waals surface area contributed by atoms with Gasteiger partial charge in [-0.3, -0.25) is 0 Å². The van der Waals surface area contributed by atoms with Gasteiger partial charge in [-0.05, 0) is 43.3 Å². The lowest BCUT2D eigenvalue weighted by Gasteiger charge is -2.35. The summed E-state index contributed by atoms with van der Waals surface area (Å²) in [4.78, 5) is 13.7. The Morgan fingerprint density at radius 1 is 1.21 bits per heavy atom. The van der Waals surface area contributed by atoms with E-state index in [2.05, 4.69) is 10.2 Å². The van der Waals surface area contributed by atoms with E-state index in [0.717, 1.165) is 5.56 Å². The standard InChI is InChI=1S/C17H18FN3O3/c1-11-9-21(10-15(24-11)17(22)23-2)16-8-7-14(19-20-16)12-3-5-13(18)6-4-12/h3-8,11,15H,9-10H2,1-2H3/t11-,15?/m1/s1. The number of halogens is 1. The van der Waals surface area contributed by atoms with Gasteiger partial charge in [0.1, 0.15) is 5.82 Å². The van der Waals surface area contributed by atoms with Crippen LogP contribution in [0.5, 0.6) is 0 Å². The first-order chi connectivity index (χ1) is 11.6. The number of ether oxygens (including phenoxy) is 2. The molecule has 0 N–H and O–H groups in total. The molecule has 0 saturated carbocycles. The molecule has 3 rings (SSSR count). The van der Waals surface area contributed by atoms with Crippen molar-refractivity contribution in [3.8, 4) is 11.3 Å². The van der Waals surface area contributed by atoms with Crippen LogP contribution < -0.4 is 4.90 Å². The van der Waals surface area contributed by atoms with Crippen LogP contribution in [0.3, 0.4) is 0 Å². The number of hydrogen-bond acceptors (Lipinski definition) is 6. The highest BCUT2D eigenvalue weighted by Crippen LogP contribution is 2.22. The van der Waals surface area contributed by atoms with Crippen LogP contribution in [0.25, 0.3) is 11.3 Å². The van der Waals surface area contributed by atoms with Gasteiger partial charge in [-0.15, -0.1) is 10.2 Å². The molecule has 2 heterocycles. The molecule has 0 aliphatic carbocycles. The average molecular weight is 331 g/mol. The number of methoxy groups -OCH3 is 1. The fourth-order valence-electron chi connectivity index (χ4n) is 2.67. The first kappa shape index (κ1) is 16.3. The number of nitrogens with zero attached hydrogens (tertiary/aromatic N) is 3. The van der Waals surface area contributed by atoms with Crippen molar-refractivity contribution in [3.05, 3.63) is 42.2 Å². The van der Waals surface area contributed by atoms with Gasteiger partial charge in [-0.1, -0.05) is 0 Å². The third-order valence-electron chi connectivity index (χ3n) is 3.84. The molecule has 1 saturated heterocycles. The number of esters is 1. The molecule has 0 radical (unpaired) electrons. The summed E-state index contributed by atoms with van der Waals surface area (Å²) in [6, 6.07) is 9.73. The molecule has 126 valence electrons. The van der Waals surface area contributed by atoms with Gasteiger partial charge in [0.15, 0.2) is 11.9 Å². The van der Waals surface area contributed by atoms with Crippen LogP contribution in [-0.2, 0) is 14.3 Å². The molecule has 0 spiro atoms. The van der Waals surface area contributed by atoms with Gasteiger partial charge in [0, 0.05) is 12.1 Å². The Morgan fingerprint density at radius 3 is 2.58 bits per heavy atom. The Balaban J connectivity index is 1.77. The second-order valence-corrected chi connectivity index (χ2v) is 5.65. The highest BCUT2D eigenvalue weighted by atomic mass is 19.1. The van der Waals surface area contributed by atoms with Gasteiger partial charge in [0.2, 0.25) is 0 Å². The van der Waals surface area contributed by atoms with Crippen molar-refractivity contribution in [1.82, 2.24) is 10.2 Å². The molecule has 1 aliphatic heterocycles. The quantitative estimate of drug-likeness (QED) is 0.802. The van der Waals surface area contributed by atoms with E-state index in [-0.39, 0.29) is 11.9 Å². The summed E-state index contributed by atoms with van der Waals surface area (Å²) in [7, 11) is 1.34. The molecule has 1 aromatic carbocycles. The molecular weight excluding hydrogens is 313 g/mol. The third-order valence-corrected chi connectivity index (χ3v) is 3.84. The summed E-state index contributed by atoms with van der Waals surface area (Å²) in [5.41, 5.74) is 1.45. The summed E-state index contributed by atoms with van der Waals surface area (Å²) >= 11 is 0. The molecule has 7 heteroatoms. The Morgan fingerprint density at radius 2 is 1.96 bits per heavy atom. The van der Waals surface area contributed by atoms with Crippen LogP contribution >= 0.6 is 0 Å². The van der Waals surface area contributed by atoms with Gasteiger partial charge in [-0.2, -0.15) is 0 Å². The lowest BCUT2D eigenvalue weighted by Crippen LogP contribution is -2.50. The predicted octanol–water partition coefficient (Wildman–Crippen LogP) is 2.05. The maximum absolute atomic E-state index is 13.0. The Kier molecular flexibility index (Phi) is 4.71. The van der Waals surface area contributed by atoms with E-state index in [0.29, 0.717) is 24.6 Å². The van der Waals surface area contributed by atoms with E-state index >= 15 is 0 Å². The van der Waals surface area contributed by atoms with Crippen molar-refractivity contribution in [3.63, 3.8) is 0 Å². The summed E-state index contributed by atoms with van der Waals surface area (Å²) in [6.07, 6.45) is -0.765. The molecule has 6 nitrogen and oxygen atoms in total. The van der Waals surface area contributed by atoms with Gasteiger partial charge in [0.25, 0.3) is 0 Å². The molecular formula is C17H18FN3O3. The molecule has 0 amide bonds. The van der Waals surface area contributed by atoms with E-state index in [9.17, 15) is 9.18 Å². The van der Waals surface area contributed by atoms with Gasteiger partial charge >= 0.3 is 5.97 Å². The Bertz CT molecular complexity index is 706. The minimum atomic E-state index is -0.641. The second-order valence-electron chi connectivity index (χ2n) is 5.65. The summed E-state index contributed by atoms with van der Waals surface area (Å²) in [6.45, 7) is 2.86. The fraction of sp³-hybridized carbons (Fsp3) is 0.353. The van der Waals surface area contributed by atoms with Crippen LogP contribution in [0.2, 0.25) is 0 Å². The maximum Gasteiger partial charge on any atom is 0.336 e. The van der Waals surface area contributed by atoms with Gasteiger partial charge in [-0.25, -0.2) is 9.18 Å². The minimum Gasteiger partial charge on any atom is -0.467 e. The second kappa shape index (κ2) is 6.92. The van der Waals surface area contributed by atoms with E-state index in [1.165, 1.54) is 19.2 Å². The number of aromatic nitrogens is 2. The number of benzene rings is 1. The van der Waals surface area contributed by atoms with E-state index in [1.54, 1.807) is 12.1 Å². The largest absolute Gasteiger partial charge is 0.467 e. The van der Waals surface area contributed by atoms with Crippen LogP contribution in [0, 0.1) is 5.82 Å². The van der Waals surface area contributed by atoms with Crippen molar-refractivity contribution >= 4 is 11.8 Å². The fourth-order valence-corrected chi connectivity index (χ4v) is 2.67. The highest BCUT2D eigenvalue weighted by Gasteiger charge is 2.31. The van der Waals surface area contributed by atoms with E-state index in [4.69, 9.17) is 9.47 Å². The zero-order valence-corrected chi connectivity index (χ0v) is 13.5. The summed E-state index contributed by atoms with van der Waals surface area (Å²) in [5, 5.41) is 8.43. The number of rotatable bonds is 3. The van der Waals surface area contributed by atoms with Crippen molar-refractivity contribution in [1.29, 1.82) is 0 Å². The van der Waals surface area contributed by atoms with E-state index in [1.807, 2.05) is 24.0 Å². The SMILES string of the molecule is COC(=O)C1CN(c2ccc(-c3ccc(F)cc3)nn2)C[C@@H](C)O1. The molecule has 1 fully saturated rings. The van der Waals surface area contributed by atoms with Crippen molar-refractivity contribution < 1.29 is 18.7 Å². The van der Waals surface area contributed by atoms with Crippen LogP contribution in [-0.4, -0.2) is 48.6 Å². The molecule has 1 aromatic heterocycles. The Labute approximate surface area is 139 Å². The first-order valence-corrected chi connectivity index (χ1v) is 7.64. The number of hydrogen-bond donors (Lipinski definition) is 0. The van der Waals surface area contributed by atoms with Crippen molar-refractivity contribution in [2.45, 2.75) is 19.1 Å². The van der Waals surface area contributed by atoms with Gasteiger partial charge in [0.05, 0.1) is 25.5 Å². The Hall–Kier alpha value is -2.54. The van der Waals surface area contributed by atoms with Gasteiger partial charge < -0.3 is 14.4 Å². The lowest BCUT2D eigenvalue weighted by atomic mass is 10.1. The third kappa shape index (κ3) is 3.51. The normalized spacial score (nSPS) is 20.7. The zero-order valence-electron chi connectivity index (χ0n) is 13.5.